The molecule has 0 aromatic rings. The van der Waals surface area contributed by atoms with Crippen LogP contribution in [0.4, 0.5) is 0 Å². The first kappa shape index (κ1) is 5.96. The lowest BCUT2D eigenvalue weighted by Crippen LogP contribution is -2.28. The predicted molar refractivity (Wildman–Crippen MR) is 36.3 cm³/mol. The van der Waals surface area contributed by atoms with Gasteiger partial charge in [-0.25, -0.2) is 0 Å². The standard InChI is InChI=1S/C8H10O2/c9-8-7-3-1-2-6(7)4-5-10-8/h1,3,6-7H,2,4-5H2/t6-,7-/m1/s1. The Hall–Kier alpha value is -0.790. The van der Waals surface area contributed by atoms with Crippen molar-refractivity contribution in [2.24, 2.45) is 11.8 Å². The summed E-state index contributed by atoms with van der Waals surface area (Å²) in [5.74, 6) is 0.625. The van der Waals surface area contributed by atoms with Crippen molar-refractivity contribution >= 4 is 5.97 Å². The van der Waals surface area contributed by atoms with E-state index in [4.69, 9.17) is 4.74 Å². The number of carbonyl (C=O) groups is 1. The summed E-state index contributed by atoms with van der Waals surface area (Å²) in [6.07, 6.45) is 6.18. The predicted octanol–water partition coefficient (Wildman–Crippen LogP) is 1.13. The van der Waals surface area contributed by atoms with E-state index >= 15 is 0 Å². The molecule has 0 radical (unpaired) electrons. The summed E-state index contributed by atoms with van der Waals surface area (Å²) in [5, 5.41) is 0. The fourth-order valence-electron chi connectivity index (χ4n) is 1.68. The summed E-state index contributed by atoms with van der Waals surface area (Å²) >= 11 is 0. The van der Waals surface area contributed by atoms with Crippen molar-refractivity contribution in [2.45, 2.75) is 12.8 Å². The van der Waals surface area contributed by atoms with E-state index in [1.54, 1.807) is 0 Å². The molecular formula is C8H10O2. The van der Waals surface area contributed by atoms with Gasteiger partial charge in [-0.05, 0) is 18.8 Å². The molecule has 2 rings (SSSR count). The maximum Gasteiger partial charge on any atom is 0.313 e. The lowest BCUT2D eigenvalue weighted by molar-refractivity contribution is -0.153. The summed E-state index contributed by atoms with van der Waals surface area (Å²) in [6.45, 7) is 0.627. The largest absolute Gasteiger partial charge is 0.465 e. The molecule has 0 bridgehead atoms. The number of hydrogen-bond donors (Lipinski definition) is 0. The Morgan fingerprint density at radius 2 is 2.50 bits per heavy atom. The van der Waals surface area contributed by atoms with Gasteiger partial charge in [-0.1, -0.05) is 12.2 Å². The third-order valence-electron chi connectivity index (χ3n) is 2.30. The van der Waals surface area contributed by atoms with Gasteiger partial charge in [0.1, 0.15) is 0 Å². The average molecular weight is 138 g/mol. The molecule has 1 saturated heterocycles. The quantitative estimate of drug-likeness (QED) is 0.370. The van der Waals surface area contributed by atoms with Gasteiger partial charge in [0.2, 0.25) is 0 Å². The molecule has 0 spiro atoms. The van der Waals surface area contributed by atoms with E-state index < -0.39 is 0 Å². The van der Waals surface area contributed by atoms with Crippen molar-refractivity contribution in [3.8, 4) is 0 Å². The van der Waals surface area contributed by atoms with Crippen LogP contribution in [0.2, 0.25) is 0 Å². The number of carbonyl (C=O) groups excluding carboxylic acids is 1. The Kier molecular flexibility index (Phi) is 1.26. The molecule has 2 aliphatic rings. The fraction of sp³-hybridized carbons (Fsp3) is 0.625. The molecule has 1 fully saturated rings. The van der Waals surface area contributed by atoms with Crippen LogP contribution in [0.5, 0.6) is 0 Å². The van der Waals surface area contributed by atoms with Crippen molar-refractivity contribution in [3.63, 3.8) is 0 Å². The molecule has 0 amide bonds. The molecule has 2 atom stereocenters. The van der Waals surface area contributed by atoms with Gasteiger partial charge in [-0.3, -0.25) is 4.79 Å². The van der Waals surface area contributed by atoms with E-state index in [-0.39, 0.29) is 11.9 Å². The molecular weight excluding hydrogens is 128 g/mol. The first-order valence-electron chi connectivity index (χ1n) is 3.71. The molecule has 1 aliphatic carbocycles. The summed E-state index contributed by atoms with van der Waals surface area (Å²) in [6, 6.07) is 0. The molecule has 0 N–H and O–H groups in total. The second-order valence-electron chi connectivity index (χ2n) is 2.91. The maximum atomic E-state index is 11.0. The van der Waals surface area contributed by atoms with Crippen LogP contribution in [-0.4, -0.2) is 12.6 Å². The Morgan fingerprint density at radius 1 is 1.60 bits per heavy atom. The lowest BCUT2D eigenvalue weighted by atomic mass is 9.91. The third kappa shape index (κ3) is 0.753. The van der Waals surface area contributed by atoms with Crippen molar-refractivity contribution in [2.75, 3.05) is 6.61 Å². The van der Waals surface area contributed by atoms with Gasteiger partial charge in [0.15, 0.2) is 0 Å². The summed E-state index contributed by atoms with van der Waals surface area (Å²) in [5.41, 5.74) is 0. The number of hydrogen-bond acceptors (Lipinski definition) is 2. The van der Waals surface area contributed by atoms with E-state index in [9.17, 15) is 4.79 Å². The highest BCUT2D eigenvalue weighted by Crippen LogP contribution is 2.32. The molecule has 0 unspecified atom stereocenters. The Bertz CT molecular complexity index is 184. The molecule has 0 saturated carbocycles. The van der Waals surface area contributed by atoms with Crippen LogP contribution in [0.1, 0.15) is 12.8 Å². The van der Waals surface area contributed by atoms with E-state index in [0.29, 0.717) is 12.5 Å². The average Bonchev–Trinajstić information content (AvgIpc) is 2.36. The van der Waals surface area contributed by atoms with Crippen molar-refractivity contribution in [3.05, 3.63) is 12.2 Å². The fourth-order valence-corrected chi connectivity index (χ4v) is 1.68. The number of rotatable bonds is 0. The van der Waals surface area contributed by atoms with Crippen LogP contribution in [0.15, 0.2) is 12.2 Å². The van der Waals surface area contributed by atoms with Crippen LogP contribution in [-0.2, 0) is 9.53 Å². The Balaban J connectivity index is 2.16. The second-order valence-corrected chi connectivity index (χ2v) is 2.91. The summed E-state index contributed by atoms with van der Waals surface area (Å²) in [4.78, 5) is 11.0. The smallest absolute Gasteiger partial charge is 0.313 e. The van der Waals surface area contributed by atoms with Crippen molar-refractivity contribution in [1.82, 2.24) is 0 Å². The zero-order valence-corrected chi connectivity index (χ0v) is 5.75. The van der Waals surface area contributed by atoms with Crippen molar-refractivity contribution in [1.29, 1.82) is 0 Å². The van der Waals surface area contributed by atoms with E-state index in [0.717, 1.165) is 12.8 Å². The van der Waals surface area contributed by atoms with Gasteiger partial charge in [0.05, 0.1) is 12.5 Å². The number of esters is 1. The minimum Gasteiger partial charge on any atom is -0.465 e. The molecule has 10 heavy (non-hydrogen) atoms. The minimum absolute atomic E-state index is 0.0231. The second kappa shape index (κ2) is 2.11. The highest BCUT2D eigenvalue weighted by atomic mass is 16.5. The van der Waals surface area contributed by atoms with Gasteiger partial charge >= 0.3 is 5.97 Å². The van der Waals surface area contributed by atoms with Crippen LogP contribution in [0.25, 0.3) is 0 Å². The first-order chi connectivity index (χ1) is 4.88. The Labute approximate surface area is 59.9 Å². The summed E-state index contributed by atoms with van der Waals surface area (Å²) < 4.78 is 4.90. The monoisotopic (exact) mass is 138 g/mol. The molecule has 0 aromatic heterocycles. The number of fused-ring (bicyclic) bond motifs is 1. The topological polar surface area (TPSA) is 26.3 Å². The van der Waals surface area contributed by atoms with E-state index in [2.05, 4.69) is 6.08 Å². The highest BCUT2D eigenvalue weighted by molar-refractivity contribution is 5.76. The van der Waals surface area contributed by atoms with Crippen LogP contribution in [0.3, 0.4) is 0 Å². The number of cyclic esters (lactones) is 1. The van der Waals surface area contributed by atoms with E-state index in [1.165, 1.54) is 0 Å². The molecule has 2 heteroatoms. The zero-order chi connectivity index (χ0) is 6.97. The maximum absolute atomic E-state index is 11.0. The Morgan fingerprint density at radius 3 is 3.30 bits per heavy atom. The molecule has 1 heterocycles. The first-order valence-corrected chi connectivity index (χ1v) is 3.71. The van der Waals surface area contributed by atoms with Crippen LogP contribution in [0, 0.1) is 11.8 Å². The van der Waals surface area contributed by atoms with Gasteiger partial charge in [0, 0.05) is 0 Å². The molecule has 54 valence electrons. The molecule has 0 aromatic carbocycles. The summed E-state index contributed by atoms with van der Waals surface area (Å²) in [7, 11) is 0. The van der Waals surface area contributed by atoms with Crippen molar-refractivity contribution < 1.29 is 9.53 Å². The lowest BCUT2D eigenvalue weighted by Gasteiger charge is -2.23. The minimum atomic E-state index is -0.0231. The highest BCUT2D eigenvalue weighted by Gasteiger charge is 2.33. The SMILES string of the molecule is O=C1OCC[C@H]2CC=C[C@@H]12. The van der Waals surface area contributed by atoms with Gasteiger partial charge in [-0.15, -0.1) is 0 Å². The van der Waals surface area contributed by atoms with Gasteiger partial charge in [-0.2, -0.15) is 0 Å². The van der Waals surface area contributed by atoms with Gasteiger partial charge in [0.25, 0.3) is 0 Å². The third-order valence-corrected chi connectivity index (χ3v) is 2.30. The van der Waals surface area contributed by atoms with Crippen LogP contribution < -0.4 is 0 Å². The zero-order valence-electron chi connectivity index (χ0n) is 5.75. The van der Waals surface area contributed by atoms with Gasteiger partial charge < -0.3 is 4.74 Å². The number of allylic oxidation sites excluding steroid dienone is 1. The normalized spacial score (nSPS) is 37.4. The van der Waals surface area contributed by atoms with E-state index in [1.807, 2.05) is 6.08 Å². The number of ether oxygens (including phenoxy) is 1. The van der Waals surface area contributed by atoms with Crippen LogP contribution >= 0.6 is 0 Å². The molecule has 1 aliphatic heterocycles. The molecule has 2 nitrogen and oxygen atoms in total.